The second-order valence-electron chi connectivity index (χ2n) is 7.35. The first-order chi connectivity index (χ1) is 14.5. The maximum absolute atomic E-state index is 12.8. The van der Waals surface area contributed by atoms with Crippen molar-refractivity contribution < 1.29 is 19.1 Å². The summed E-state index contributed by atoms with van der Waals surface area (Å²) in [5, 5.41) is 0. The average Bonchev–Trinajstić information content (AvgIpc) is 3.37. The highest BCUT2D eigenvalue weighted by atomic mass is 32.2. The number of rotatable bonds is 9. The van der Waals surface area contributed by atoms with E-state index in [0.717, 1.165) is 50.8 Å². The monoisotopic (exact) mass is 448 g/mol. The van der Waals surface area contributed by atoms with Crippen LogP contribution in [0.1, 0.15) is 44.1 Å². The molecular weight excluding hydrogens is 420 g/mol. The fraction of sp³-hybridized carbons (Fsp3) is 0.500. The number of amides is 2. The van der Waals surface area contributed by atoms with Crippen LogP contribution in [0.15, 0.2) is 23.1 Å². The topological polar surface area (TPSA) is 59.1 Å². The number of carbonyl (C=O) groups excluding carboxylic acids is 2. The molecule has 6 nitrogen and oxygen atoms in total. The van der Waals surface area contributed by atoms with Crippen molar-refractivity contribution in [3.05, 3.63) is 28.7 Å². The van der Waals surface area contributed by atoms with Gasteiger partial charge >= 0.3 is 0 Å². The molecule has 0 aromatic heterocycles. The summed E-state index contributed by atoms with van der Waals surface area (Å²) in [5.41, 5.74) is 0.855. The first kappa shape index (κ1) is 22.6. The van der Waals surface area contributed by atoms with Gasteiger partial charge in [-0.25, -0.2) is 0 Å². The summed E-state index contributed by atoms with van der Waals surface area (Å²) in [6.45, 7) is 2.40. The van der Waals surface area contributed by atoms with Gasteiger partial charge in [0.2, 0.25) is 5.91 Å². The molecule has 0 N–H and O–H groups in total. The Morgan fingerprint density at radius 1 is 1.13 bits per heavy atom. The van der Waals surface area contributed by atoms with Gasteiger partial charge in [0.1, 0.15) is 4.32 Å². The fourth-order valence-electron chi connectivity index (χ4n) is 3.63. The number of thiocarbonyl (C=S) groups is 1. The number of carbonyl (C=O) groups is 2. The quantitative estimate of drug-likeness (QED) is 0.322. The summed E-state index contributed by atoms with van der Waals surface area (Å²) in [4.78, 5) is 29.1. The number of thioether (sulfide) groups is 1. The number of hydrogen-bond acceptors (Lipinski definition) is 6. The van der Waals surface area contributed by atoms with Crippen LogP contribution in [-0.4, -0.2) is 59.8 Å². The van der Waals surface area contributed by atoms with Crippen molar-refractivity contribution in [3.63, 3.8) is 0 Å². The zero-order valence-electron chi connectivity index (χ0n) is 17.5. The molecule has 0 saturated carbocycles. The molecule has 0 spiro atoms. The third kappa shape index (κ3) is 5.55. The fourth-order valence-corrected chi connectivity index (χ4v) is 4.94. The summed E-state index contributed by atoms with van der Waals surface area (Å²) < 4.78 is 11.2. The Balaban J connectivity index is 1.49. The van der Waals surface area contributed by atoms with Gasteiger partial charge in [-0.2, -0.15) is 0 Å². The molecule has 2 aliphatic rings. The van der Waals surface area contributed by atoms with Crippen LogP contribution in [0.4, 0.5) is 0 Å². The molecule has 2 saturated heterocycles. The second kappa shape index (κ2) is 10.8. The average molecular weight is 449 g/mol. The van der Waals surface area contributed by atoms with Crippen LogP contribution < -0.4 is 9.47 Å². The van der Waals surface area contributed by atoms with E-state index in [-0.39, 0.29) is 11.8 Å². The van der Waals surface area contributed by atoms with Gasteiger partial charge in [-0.3, -0.25) is 14.5 Å². The first-order valence-electron chi connectivity index (χ1n) is 10.3. The van der Waals surface area contributed by atoms with Gasteiger partial charge < -0.3 is 14.4 Å². The Kier molecular flexibility index (Phi) is 8.16. The van der Waals surface area contributed by atoms with Crippen molar-refractivity contribution >= 4 is 46.2 Å². The summed E-state index contributed by atoms with van der Waals surface area (Å²) in [6, 6.07) is 5.53. The number of methoxy groups -OCH3 is 2. The molecule has 1 aromatic carbocycles. The summed E-state index contributed by atoms with van der Waals surface area (Å²) >= 11 is 6.73. The molecule has 162 valence electrons. The van der Waals surface area contributed by atoms with Crippen molar-refractivity contribution in [1.82, 2.24) is 9.80 Å². The minimum atomic E-state index is -0.0621. The molecule has 0 aliphatic carbocycles. The van der Waals surface area contributed by atoms with E-state index in [2.05, 4.69) is 0 Å². The lowest BCUT2D eigenvalue weighted by Crippen LogP contribution is -2.29. The Bertz CT molecular complexity index is 834. The Morgan fingerprint density at radius 2 is 1.87 bits per heavy atom. The van der Waals surface area contributed by atoms with Gasteiger partial charge in [-0.1, -0.05) is 36.5 Å². The Labute approximate surface area is 187 Å². The van der Waals surface area contributed by atoms with E-state index in [1.165, 1.54) is 11.8 Å². The highest BCUT2D eigenvalue weighted by molar-refractivity contribution is 8.26. The van der Waals surface area contributed by atoms with Crippen molar-refractivity contribution in [1.29, 1.82) is 0 Å². The van der Waals surface area contributed by atoms with E-state index in [9.17, 15) is 9.59 Å². The molecule has 1 aromatic rings. The smallest absolute Gasteiger partial charge is 0.266 e. The molecule has 8 heteroatoms. The van der Waals surface area contributed by atoms with Crippen LogP contribution in [0, 0.1) is 0 Å². The SMILES string of the molecule is COc1ccc(C=C2SC(=S)N(CCCCCC(=O)N3CCCC3)C2=O)cc1OC. The molecule has 30 heavy (non-hydrogen) atoms. The molecule has 2 amide bonds. The summed E-state index contributed by atoms with van der Waals surface area (Å²) in [7, 11) is 3.17. The second-order valence-corrected chi connectivity index (χ2v) is 9.02. The molecular formula is C22H28N2O4S2. The van der Waals surface area contributed by atoms with Gasteiger partial charge in [-0.15, -0.1) is 0 Å². The van der Waals surface area contributed by atoms with Crippen LogP contribution in [0.3, 0.4) is 0 Å². The molecule has 2 heterocycles. The van der Waals surface area contributed by atoms with E-state index < -0.39 is 0 Å². The molecule has 0 unspecified atom stereocenters. The largest absolute Gasteiger partial charge is 0.493 e. The number of benzene rings is 1. The molecule has 2 fully saturated rings. The number of ether oxygens (including phenoxy) is 2. The standard InChI is InChI=1S/C22H28N2O4S2/c1-27-17-10-9-16(14-18(17)28-2)15-19-21(26)24(22(29)30-19)13-5-3-4-8-20(25)23-11-6-7-12-23/h9-10,14-15H,3-8,11-13H2,1-2H3. The van der Waals surface area contributed by atoms with Crippen LogP contribution in [0.5, 0.6) is 11.5 Å². The van der Waals surface area contributed by atoms with Crippen LogP contribution in [0.25, 0.3) is 6.08 Å². The summed E-state index contributed by atoms with van der Waals surface area (Å²) in [6.07, 6.45) is 7.27. The Morgan fingerprint density at radius 3 is 2.57 bits per heavy atom. The van der Waals surface area contributed by atoms with Gasteiger partial charge in [0.05, 0.1) is 19.1 Å². The predicted octanol–water partition coefficient (Wildman–Crippen LogP) is 4.09. The van der Waals surface area contributed by atoms with Gasteiger partial charge in [0.15, 0.2) is 11.5 Å². The van der Waals surface area contributed by atoms with Gasteiger partial charge in [-0.05, 0) is 49.5 Å². The molecule has 0 atom stereocenters. The maximum Gasteiger partial charge on any atom is 0.266 e. The first-order valence-corrected chi connectivity index (χ1v) is 11.5. The van der Waals surface area contributed by atoms with Crippen LogP contribution in [-0.2, 0) is 9.59 Å². The molecule has 2 aliphatic heterocycles. The minimum absolute atomic E-state index is 0.0621. The van der Waals surface area contributed by atoms with Crippen molar-refractivity contribution in [2.75, 3.05) is 33.9 Å². The third-order valence-electron chi connectivity index (χ3n) is 5.31. The van der Waals surface area contributed by atoms with Crippen molar-refractivity contribution in [2.24, 2.45) is 0 Å². The van der Waals surface area contributed by atoms with Gasteiger partial charge in [0.25, 0.3) is 5.91 Å². The lowest BCUT2D eigenvalue weighted by atomic mass is 10.1. The van der Waals surface area contributed by atoms with E-state index in [1.807, 2.05) is 29.2 Å². The van der Waals surface area contributed by atoms with Crippen LogP contribution in [0.2, 0.25) is 0 Å². The maximum atomic E-state index is 12.8. The highest BCUT2D eigenvalue weighted by Crippen LogP contribution is 2.34. The zero-order chi connectivity index (χ0) is 21.5. The molecule has 0 bridgehead atoms. The van der Waals surface area contributed by atoms with E-state index in [1.54, 1.807) is 19.1 Å². The number of unbranched alkanes of at least 4 members (excludes halogenated alkanes) is 2. The number of hydrogen-bond donors (Lipinski definition) is 0. The zero-order valence-corrected chi connectivity index (χ0v) is 19.2. The number of nitrogens with zero attached hydrogens (tertiary/aromatic N) is 2. The van der Waals surface area contributed by atoms with Gasteiger partial charge in [0, 0.05) is 26.1 Å². The van der Waals surface area contributed by atoms with Crippen molar-refractivity contribution in [3.8, 4) is 11.5 Å². The lowest BCUT2D eigenvalue weighted by molar-refractivity contribution is -0.130. The minimum Gasteiger partial charge on any atom is -0.493 e. The number of likely N-dealkylation sites (tertiary alicyclic amines) is 1. The van der Waals surface area contributed by atoms with E-state index >= 15 is 0 Å². The van der Waals surface area contributed by atoms with E-state index in [0.29, 0.717) is 33.7 Å². The third-order valence-corrected chi connectivity index (χ3v) is 6.69. The normalized spacial score (nSPS) is 17.9. The summed E-state index contributed by atoms with van der Waals surface area (Å²) in [5.74, 6) is 1.46. The molecule has 0 radical (unpaired) electrons. The molecule has 3 rings (SSSR count). The highest BCUT2D eigenvalue weighted by Gasteiger charge is 2.31. The van der Waals surface area contributed by atoms with Crippen LogP contribution >= 0.6 is 24.0 Å². The van der Waals surface area contributed by atoms with E-state index in [4.69, 9.17) is 21.7 Å². The van der Waals surface area contributed by atoms with Crippen molar-refractivity contribution in [2.45, 2.75) is 38.5 Å². The lowest BCUT2D eigenvalue weighted by Gasteiger charge is -2.16. The predicted molar refractivity (Wildman–Crippen MR) is 124 cm³/mol. The Hall–Kier alpha value is -2.06.